The molecule has 1 heterocycles. The standard InChI is InChI=1S/C9H4F2NS/c10-7-3-6(4-8(11)5-7)9-12-1-2-13-9/h1,3-5H. The zero-order valence-corrected chi connectivity index (χ0v) is 7.24. The van der Waals surface area contributed by atoms with E-state index in [1.807, 2.05) is 0 Å². The van der Waals surface area contributed by atoms with Crippen LogP contribution in [0.3, 0.4) is 0 Å². The molecule has 13 heavy (non-hydrogen) atoms. The second kappa shape index (κ2) is 3.22. The zero-order chi connectivity index (χ0) is 9.26. The first-order chi connectivity index (χ1) is 6.25. The van der Waals surface area contributed by atoms with Crippen molar-refractivity contribution in [2.45, 2.75) is 0 Å². The van der Waals surface area contributed by atoms with E-state index < -0.39 is 11.6 Å². The molecule has 0 aliphatic rings. The number of hydrogen-bond donors (Lipinski definition) is 0. The number of aromatic nitrogens is 1. The first-order valence-electron chi connectivity index (χ1n) is 3.54. The smallest absolute Gasteiger partial charge is 0.126 e. The van der Waals surface area contributed by atoms with Crippen molar-refractivity contribution in [3.63, 3.8) is 0 Å². The van der Waals surface area contributed by atoms with Crippen molar-refractivity contribution in [2.75, 3.05) is 0 Å². The third kappa shape index (κ3) is 1.72. The van der Waals surface area contributed by atoms with Gasteiger partial charge in [0, 0.05) is 17.8 Å². The lowest BCUT2D eigenvalue weighted by molar-refractivity contribution is 0.584. The lowest BCUT2D eigenvalue weighted by atomic mass is 10.2. The summed E-state index contributed by atoms with van der Waals surface area (Å²) in [5, 5.41) is 3.32. The maximum absolute atomic E-state index is 12.7. The highest BCUT2D eigenvalue weighted by molar-refractivity contribution is 7.12. The molecule has 1 aromatic heterocycles. The molecule has 0 amide bonds. The number of halogens is 2. The quantitative estimate of drug-likeness (QED) is 0.683. The van der Waals surface area contributed by atoms with Crippen molar-refractivity contribution in [2.24, 2.45) is 0 Å². The van der Waals surface area contributed by atoms with Crippen molar-refractivity contribution >= 4 is 11.3 Å². The van der Waals surface area contributed by atoms with Crippen LogP contribution in [0.15, 0.2) is 24.4 Å². The van der Waals surface area contributed by atoms with Crippen LogP contribution in [0, 0.1) is 17.0 Å². The predicted molar refractivity (Wildman–Crippen MR) is 46.3 cm³/mol. The molecule has 0 aliphatic carbocycles. The molecule has 0 bridgehead atoms. The Labute approximate surface area is 77.7 Å². The van der Waals surface area contributed by atoms with E-state index in [1.165, 1.54) is 29.7 Å². The maximum atomic E-state index is 12.7. The second-order valence-electron chi connectivity index (χ2n) is 2.44. The van der Waals surface area contributed by atoms with E-state index in [4.69, 9.17) is 0 Å². The molecule has 65 valence electrons. The van der Waals surface area contributed by atoms with Crippen LogP contribution in [0.25, 0.3) is 10.6 Å². The highest BCUT2D eigenvalue weighted by Crippen LogP contribution is 2.22. The Morgan fingerprint density at radius 2 is 1.85 bits per heavy atom. The van der Waals surface area contributed by atoms with Gasteiger partial charge in [-0.2, -0.15) is 0 Å². The fourth-order valence-electron chi connectivity index (χ4n) is 1.00. The Bertz CT molecular complexity index is 391. The summed E-state index contributed by atoms with van der Waals surface area (Å²) >= 11 is 1.22. The van der Waals surface area contributed by atoms with Gasteiger partial charge >= 0.3 is 0 Å². The first-order valence-corrected chi connectivity index (χ1v) is 4.36. The van der Waals surface area contributed by atoms with Gasteiger partial charge in [-0.25, -0.2) is 13.8 Å². The van der Waals surface area contributed by atoms with E-state index in [-0.39, 0.29) is 0 Å². The molecule has 0 aliphatic heterocycles. The van der Waals surface area contributed by atoms with Crippen molar-refractivity contribution < 1.29 is 8.78 Å². The molecule has 0 atom stereocenters. The molecule has 1 radical (unpaired) electrons. The molecule has 0 saturated carbocycles. The van der Waals surface area contributed by atoms with Gasteiger partial charge in [0.1, 0.15) is 16.6 Å². The summed E-state index contributed by atoms with van der Waals surface area (Å²) in [6, 6.07) is 3.33. The van der Waals surface area contributed by atoms with Crippen LogP contribution in [0.5, 0.6) is 0 Å². The second-order valence-corrected chi connectivity index (χ2v) is 3.27. The van der Waals surface area contributed by atoms with Crippen LogP contribution in [-0.4, -0.2) is 4.98 Å². The van der Waals surface area contributed by atoms with E-state index in [2.05, 4.69) is 10.4 Å². The molecular formula is C9H4F2NS. The molecule has 2 aromatic rings. The first kappa shape index (κ1) is 8.31. The summed E-state index contributed by atoms with van der Waals surface area (Å²) in [7, 11) is 0. The number of rotatable bonds is 1. The van der Waals surface area contributed by atoms with Crippen LogP contribution in [0.4, 0.5) is 8.78 Å². The van der Waals surface area contributed by atoms with Gasteiger partial charge in [0.2, 0.25) is 0 Å². The number of thiazole rings is 1. The molecule has 1 aromatic carbocycles. The fourth-order valence-corrected chi connectivity index (χ4v) is 1.56. The Balaban J connectivity index is 2.53. The number of hydrogen-bond acceptors (Lipinski definition) is 2. The maximum Gasteiger partial charge on any atom is 0.126 e. The third-order valence-corrected chi connectivity index (χ3v) is 2.26. The van der Waals surface area contributed by atoms with E-state index in [9.17, 15) is 8.78 Å². The Hall–Kier alpha value is -1.29. The number of benzene rings is 1. The molecule has 0 unspecified atom stereocenters. The average molecular weight is 196 g/mol. The monoisotopic (exact) mass is 196 g/mol. The van der Waals surface area contributed by atoms with E-state index in [1.54, 1.807) is 0 Å². The van der Waals surface area contributed by atoms with Crippen molar-refractivity contribution in [1.82, 2.24) is 4.98 Å². The molecule has 0 spiro atoms. The van der Waals surface area contributed by atoms with E-state index >= 15 is 0 Å². The van der Waals surface area contributed by atoms with Gasteiger partial charge in [0.05, 0.1) is 5.38 Å². The summed E-state index contributed by atoms with van der Waals surface area (Å²) in [6.45, 7) is 0. The lowest BCUT2D eigenvalue weighted by Gasteiger charge is -1.96. The highest BCUT2D eigenvalue weighted by Gasteiger charge is 2.04. The molecule has 0 N–H and O–H groups in total. The summed E-state index contributed by atoms with van der Waals surface area (Å²) in [4.78, 5) is 3.90. The summed E-state index contributed by atoms with van der Waals surface area (Å²) < 4.78 is 25.5. The van der Waals surface area contributed by atoms with E-state index in [0.717, 1.165) is 6.07 Å². The molecular weight excluding hydrogens is 192 g/mol. The normalized spacial score (nSPS) is 10.3. The van der Waals surface area contributed by atoms with Gasteiger partial charge in [-0.05, 0) is 12.1 Å². The summed E-state index contributed by atoms with van der Waals surface area (Å²) in [6.07, 6.45) is 1.48. The zero-order valence-electron chi connectivity index (χ0n) is 6.42. The Morgan fingerprint density at radius 3 is 2.38 bits per heavy atom. The van der Waals surface area contributed by atoms with Gasteiger partial charge < -0.3 is 0 Å². The van der Waals surface area contributed by atoms with Gasteiger partial charge in [-0.15, -0.1) is 11.3 Å². The van der Waals surface area contributed by atoms with Gasteiger partial charge in [0.25, 0.3) is 0 Å². The molecule has 2 rings (SSSR count). The third-order valence-electron chi connectivity index (χ3n) is 1.50. The Morgan fingerprint density at radius 1 is 1.15 bits per heavy atom. The van der Waals surface area contributed by atoms with Gasteiger partial charge in [0.15, 0.2) is 0 Å². The minimum absolute atomic E-state index is 0.448. The minimum Gasteiger partial charge on any atom is -0.244 e. The van der Waals surface area contributed by atoms with Crippen molar-refractivity contribution in [1.29, 1.82) is 0 Å². The van der Waals surface area contributed by atoms with Crippen molar-refractivity contribution in [3.8, 4) is 10.6 Å². The SMILES string of the molecule is Fc1cc(F)cc(-c2nc[c]s2)c1. The van der Waals surface area contributed by atoms with Gasteiger partial charge in [-0.3, -0.25) is 0 Å². The highest BCUT2D eigenvalue weighted by atomic mass is 32.1. The van der Waals surface area contributed by atoms with Crippen molar-refractivity contribution in [3.05, 3.63) is 41.4 Å². The molecule has 1 nitrogen and oxygen atoms in total. The van der Waals surface area contributed by atoms with Crippen LogP contribution in [0.1, 0.15) is 0 Å². The average Bonchev–Trinajstić information content (AvgIpc) is 2.53. The lowest BCUT2D eigenvalue weighted by Crippen LogP contribution is -1.82. The predicted octanol–water partition coefficient (Wildman–Crippen LogP) is 2.89. The topological polar surface area (TPSA) is 12.9 Å². The molecule has 0 fully saturated rings. The molecule has 0 saturated heterocycles. The minimum atomic E-state index is -0.592. The summed E-state index contributed by atoms with van der Waals surface area (Å²) in [5.41, 5.74) is 0.448. The largest absolute Gasteiger partial charge is 0.244 e. The van der Waals surface area contributed by atoms with Gasteiger partial charge in [-0.1, -0.05) is 0 Å². The fraction of sp³-hybridized carbons (Fsp3) is 0. The summed E-state index contributed by atoms with van der Waals surface area (Å²) in [5.74, 6) is -1.18. The van der Waals surface area contributed by atoms with Crippen LogP contribution >= 0.6 is 11.3 Å². The van der Waals surface area contributed by atoms with Crippen LogP contribution < -0.4 is 0 Å². The molecule has 4 heteroatoms. The number of nitrogens with zero attached hydrogens (tertiary/aromatic N) is 1. The van der Waals surface area contributed by atoms with Crippen LogP contribution in [-0.2, 0) is 0 Å². The van der Waals surface area contributed by atoms with E-state index in [0.29, 0.717) is 10.6 Å². The Kier molecular flexibility index (Phi) is 2.06. The van der Waals surface area contributed by atoms with Crippen LogP contribution in [0.2, 0.25) is 0 Å².